The second kappa shape index (κ2) is 11.0. The molecular formula is C24H33BrN2O2. The normalized spacial score (nSPS) is 16.9. The summed E-state index contributed by atoms with van der Waals surface area (Å²) in [6.45, 7) is 11.7. The molecule has 29 heavy (non-hydrogen) atoms. The van der Waals surface area contributed by atoms with Gasteiger partial charge in [0, 0.05) is 19.1 Å². The Morgan fingerprint density at radius 1 is 1.17 bits per heavy atom. The van der Waals surface area contributed by atoms with Crippen molar-refractivity contribution in [3.8, 4) is 11.5 Å². The van der Waals surface area contributed by atoms with Crippen molar-refractivity contribution in [3.05, 3.63) is 57.6 Å². The Morgan fingerprint density at radius 3 is 2.76 bits per heavy atom. The minimum atomic E-state index is 0.525. The van der Waals surface area contributed by atoms with E-state index in [1.807, 2.05) is 19.1 Å². The quantitative estimate of drug-likeness (QED) is 0.520. The molecule has 0 radical (unpaired) electrons. The summed E-state index contributed by atoms with van der Waals surface area (Å²) in [4.78, 5) is 2.57. The highest BCUT2D eigenvalue weighted by Crippen LogP contribution is 2.37. The Hall–Kier alpha value is -1.56. The van der Waals surface area contributed by atoms with Gasteiger partial charge in [-0.2, -0.15) is 0 Å². The van der Waals surface area contributed by atoms with Gasteiger partial charge in [-0.1, -0.05) is 31.2 Å². The number of benzene rings is 2. The first-order chi connectivity index (χ1) is 14.1. The average molecular weight is 461 g/mol. The van der Waals surface area contributed by atoms with Crippen molar-refractivity contribution >= 4 is 15.9 Å². The van der Waals surface area contributed by atoms with Crippen LogP contribution in [0.5, 0.6) is 11.5 Å². The molecule has 0 spiro atoms. The molecule has 0 amide bonds. The predicted molar refractivity (Wildman–Crippen MR) is 123 cm³/mol. The van der Waals surface area contributed by atoms with Crippen LogP contribution in [0.15, 0.2) is 40.9 Å². The van der Waals surface area contributed by atoms with E-state index in [2.05, 4.69) is 64.3 Å². The number of aryl methyl sites for hydroxylation is 1. The fourth-order valence-electron chi connectivity index (χ4n) is 3.97. The molecule has 2 aromatic rings. The van der Waals surface area contributed by atoms with Crippen LogP contribution in [0.3, 0.4) is 0 Å². The van der Waals surface area contributed by atoms with Crippen molar-refractivity contribution in [1.82, 2.24) is 10.2 Å². The molecule has 1 aliphatic heterocycles. The molecule has 4 nitrogen and oxygen atoms in total. The number of nitrogens with one attached hydrogen (secondary N) is 1. The van der Waals surface area contributed by atoms with E-state index in [1.165, 1.54) is 36.1 Å². The maximum Gasteiger partial charge on any atom is 0.175 e. The van der Waals surface area contributed by atoms with E-state index >= 15 is 0 Å². The van der Waals surface area contributed by atoms with Gasteiger partial charge in [0.15, 0.2) is 11.5 Å². The van der Waals surface area contributed by atoms with Crippen LogP contribution >= 0.6 is 15.9 Å². The highest BCUT2D eigenvalue weighted by Gasteiger charge is 2.22. The van der Waals surface area contributed by atoms with E-state index in [9.17, 15) is 0 Å². The molecule has 1 heterocycles. The molecular weight excluding hydrogens is 428 g/mol. The largest absolute Gasteiger partial charge is 0.490 e. The summed E-state index contributed by atoms with van der Waals surface area (Å²) in [6, 6.07) is 13.2. The van der Waals surface area contributed by atoms with Crippen LogP contribution in [0.2, 0.25) is 0 Å². The molecule has 3 rings (SSSR count). The third kappa shape index (κ3) is 5.97. The molecule has 5 heteroatoms. The predicted octanol–water partition coefficient (Wildman–Crippen LogP) is 5.31. The van der Waals surface area contributed by atoms with Crippen LogP contribution in [0.25, 0.3) is 0 Å². The molecule has 0 saturated carbocycles. The Bertz CT molecular complexity index is 796. The monoisotopic (exact) mass is 460 g/mol. The fourth-order valence-corrected chi connectivity index (χ4v) is 4.58. The van der Waals surface area contributed by atoms with E-state index in [0.29, 0.717) is 19.3 Å². The molecule has 1 fully saturated rings. The van der Waals surface area contributed by atoms with Gasteiger partial charge >= 0.3 is 0 Å². The Balaban J connectivity index is 1.65. The fraction of sp³-hybridized carbons (Fsp3) is 0.500. The first kappa shape index (κ1) is 22.1. The molecule has 1 N–H and O–H groups in total. The third-order valence-electron chi connectivity index (χ3n) is 5.62. The molecule has 0 aromatic heterocycles. The second-order valence-electron chi connectivity index (χ2n) is 7.61. The molecule has 2 aromatic carbocycles. The zero-order valence-electron chi connectivity index (χ0n) is 17.8. The Labute approximate surface area is 183 Å². The standard InChI is InChI=1S/C24H33BrN2O2/c1-4-27-12-8-11-21(27)16-26-15-19-13-22(25)24(23(14-19)28-5-2)29-17-20-10-7-6-9-18(20)3/h6-7,9-10,13-14,21,26H,4-5,8,11-12,15-17H2,1-3H3/t21-/m0/s1. The van der Waals surface area contributed by atoms with Gasteiger partial charge in [0.2, 0.25) is 0 Å². The Morgan fingerprint density at radius 2 is 2.00 bits per heavy atom. The molecule has 1 saturated heterocycles. The minimum absolute atomic E-state index is 0.525. The number of likely N-dealkylation sites (N-methyl/N-ethyl adjacent to an activating group) is 1. The van der Waals surface area contributed by atoms with E-state index < -0.39 is 0 Å². The molecule has 0 aliphatic carbocycles. The smallest absolute Gasteiger partial charge is 0.175 e. The van der Waals surface area contributed by atoms with Gasteiger partial charge in [-0.3, -0.25) is 4.90 Å². The lowest BCUT2D eigenvalue weighted by Crippen LogP contribution is -2.37. The van der Waals surface area contributed by atoms with Crippen molar-refractivity contribution in [3.63, 3.8) is 0 Å². The number of hydrogen-bond donors (Lipinski definition) is 1. The van der Waals surface area contributed by atoms with E-state index in [4.69, 9.17) is 9.47 Å². The van der Waals surface area contributed by atoms with Crippen molar-refractivity contribution < 1.29 is 9.47 Å². The first-order valence-electron chi connectivity index (χ1n) is 10.7. The van der Waals surface area contributed by atoms with Crippen LogP contribution in [-0.2, 0) is 13.2 Å². The summed E-state index contributed by atoms with van der Waals surface area (Å²) >= 11 is 3.70. The lowest BCUT2D eigenvalue weighted by atomic mass is 10.1. The van der Waals surface area contributed by atoms with Crippen LogP contribution in [0.4, 0.5) is 0 Å². The lowest BCUT2D eigenvalue weighted by Gasteiger charge is -2.23. The zero-order valence-corrected chi connectivity index (χ0v) is 19.4. The van der Waals surface area contributed by atoms with Crippen LogP contribution in [0.1, 0.15) is 43.4 Å². The van der Waals surface area contributed by atoms with Crippen molar-refractivity contribution in [2.24, 2.45) is 0 Å². The maximum atomic E-state index is 6.16. The lowest BCUT2D eigenvalue weighted by molar-refractivity contribution is 0.259. The van der Waals surface area contributed by atoms with Gasteiger partial charge in [-0.05, 0) is 84.5 Å². The number of rotatable bonds is 10. The first-order valence-corrected chi connectivity index (χ1v) is 11.5. The number of hydrogen-bond acceptors (Lipinski definition) is 4. The summed E-state index contributed by atoms with van der Waals surface area (Å²) < 4.78 is 13.0. The van der Waals surface area contributed by atoms with E-state index in [0.717, 1.165) is 35.6 Å². The van der Waals surface area contributed by atoms with Gasteiger partial charge in [0.1, 0.15) is 6.61 Å². The summed E-state index contributed by atoms with van der Waals surface area (Å²) in [5.74, 6) is 1.56. The zero-order chi connectivity index (χ0) is 20.6. The van der Waals surface area contributed by atoms with Gasteiger partial charge in [0.05, 0.1) is 11.1 Å². The van der Waals surface area contributed by atoms with Crippen LogP contribution in [0, 0.1) is 6.92 Å². The van der Waals surface area contributed by atoms with Gasteiger partial charge in [-0.15, -0.1) is 0 Å². The maximum absolute atomic E-state index is 6.16. The molecule has 158 valence electrons. The summed E-state index contributed by atoms with van der Waals surface area (Å²) in [5, 5.41) is 3.63. The molecule has 0 unspecified atom stereocenters. The average Bonchev–Trinajstić information content (AvgIpc) is 3.16. The number of halogens is 1. The van der Waals surface area contributed by atoms with E-state index in [1.54, 1.807) is 0 Å². The minimum Gasteiger partial charge on any atom is -0.490 e. The highest BCUT2D eigenvalue weighted by atomic mass is 79.9. The highest BCUT2D eigenvalue weighted by molar-refractivity contribution is 9.10. The summed E-state index contributed by atoms with van der Waals surface area (Å²) in [5.41, 5.74) is 3.62. The third-order valence-corrected chi connectivity index (χ3v) is 6.21. The topological polar surface area (TPSA) is 33.7 Å². The SMILES string of the molecule is CCOc1cc(CNC[C@@H]2CCCN2CC)cc(Br)c1OCc1ccccc1C. The van der Waals surface area contributed by atoms with Gasteiger partial charge in [-0.25, -0.2) is 0 Å². The second-order valence-corrected chi connectivity index (χ2v) is 8.46. The van der Waals surface area contributed by atoms with Gasteiger partial charge in [0.25, 0.3) is 0 Å². The van der Waals surface area contributed by atoms with E-state index in [-0.39, 0.29) is 0 Å². The van der Waals surface area contributed by atoms with Gasteiger partial charge < -0.3 is 14.8 Å². The number of likely N-dealkylation sites (tertiary alicyclic amines) is 1. The summed E-state index contributed by atoms with van der Waals surface area (Å²) in [6.07, 6.45) is 2.60. The van der Waals surface area contributed by atoms with Crippen molar-refractivity contribution in [2.75, 3.05) is 26.2 Å². The van der Waals surface area contributed by atoms with Crippen molar-refractivity contribution in [1.29, 1.82) is 0 Å². The molecule has 1 aliphatic rings. The molecule has 1 atom stereocenters. The Kier molecular flexibility index (Phi) is 8.40. The number of ether oxygens (including phenoxy) is 2. The number of nitrogens with zero attached hydrogens (tertiary/aromatic N) is 1. The van der Waals surface area contributed by atoms with Crippen LogP contribution < -0.4 is 14.8 Å². The summed E-state index contributed by atoms with van der Waals surface area (Å²) in [7, 11) is 0. The van der Waals surface area contributed by atoms with Crippen LogP contribution in [-0.4, -0.2) is 37.2 Å². The van der Waals surface area contributed by atoms with Crippen molar-refractivity contribution in [2.45, 2.75) is 52.8 Å². The molecule has 0 bridgehead atoms.